The molecule has 0 radical (unpaired) electrons. The van der Waals surface area contributed by atoms with Crippen molar-refractivity contribution in [1.82, 2.24) is 9.80 Å². The van der Waals surface area contributed by atoms with Crippen LogP contribution in [-0.4, -0.2) is 85.6 Å². The molecular formula is C21H28F4N2O5. The SMILES string of the molecule is CN(C)C(=O)COCC1CC2OCCN(Cc3ccc(F)cc3)C2C1.O=C(O)C(F)(F)F. The number of amides is 1. The summed E-state index contributed by atoms with van der Waals surface area (Å²) in [5.74, 6) is -2.55. The van der Waals surface area contributed by atoms with E-state index in [0.717, 1.165) is 38.1 Å². The van der Waals surface area contributed by atoms with E-state index in [9.17, 15) is 22.4 Å². The van der Waals surface area contributed by atoms with Gasteiger partial charge in [0.15, 0.2) is 0 Å². The molecule has 1 saturated carbocycles. The van der Waals surface area contributed by atoms with E-state index in [1.807, 2.05) is 12.1 Å². The van der Waals surface area contributed by atoms with Crippen molar-refractivity contribution in [3.8, 4) is 0 Å². The van der Waals surface area contributed by atoms with Crippen LogP contribution in [-0.2, 0) is 25.6 Å². The molecule has 3 atom stereocenters. The minimum atomic E-state index is -5.08. The summed E-state index contributed by atoms with van der Waals surface area (Å²) in [6.45, 7) is 3.18. The van der Waals surface area contributed by atoms with Gasteiger partial charge in [-0.1, -0.05) is 12.1 Å². The zero-order valence-corrected chi connectivity index (χ0v) is 18.0. The molecule has 1 saturated heterocycles. The van der Waals surface area contributed by atoms with Crippen LogP contribution in [0.3, 0.4) is 0 Å². The summed E-state index contributed by atoms with van der Waals surface area (Å²) in [6.07, 6.45) is -2.87. The lowest BCUT2D eigenvalue weighted by atomic mass is 10.1. The number of nitrogens with zero attached hydrogens (tertiary/aromatic N) is 2. The predicted octanol–water partition coefficient (Wildman–Crippen LogP) is 2.54. The van der Waals surface area contributed by atoms with Gasteiger partial charge in [0, 0.05) is 33.2 Å². The summed E-state index contributed by atoms with van der Waals surface area (Å²) in [6, 6.07) is 7.10. The molecule has 2 fully saturated rings. The van der Waals surface area contributed by atoms with Crippen molar-refractivity contribution >= 4 is 11.9 Å². The molecule has 11 heteroatoms. The van der Waals surface area contributed by atoms with Crippen molar-refractivity contribution in [2.45, 2.75) is 37.7 Å². The van der Waals surface area contributed by atoms with Gasteiger partial charge in [-0.15, -0.1) is 0 Å². The first-order chi connectivity index (χ1) is 15.0. The van der Waals surface area contributed by atoms with E-state index >= 15 is 0 Å². The van der Waals surface area contributed by atoms with Crippen LogP contribution >= 0.6 is 0 Å². The molecule has 1 amide bonds. The second kappa shape index (κ2) is 11.6. The third kappa shape index (κ3) is 8.03. The Hall–Kier alpha value is -2.24. The zero-order valence-electron chi connectivity index (χ0n) is 18.0. The lowest BCUT2D eigenvalue weighted by molar-refractivity contribution is -0.192. The Morgan fingerprint density at radius 3 is 2.41 bits per heavy atom. The maximum atomic E-state index is 13.1. The largest absolute Gasteiger partial charge is 0.490 e. The summed E-state index contributed by atoms with van der Waals surface area (Å²) >= 11 is 0. The van der Waals surface area contributed by atoms with Gasteiger partial charge >= 0.3 is 12.1 Å². The van der Waals surface area contributed by atoms with Crippen LogP contribution in [0.1, 0.15) is 18.4 Å². The fourth-order valence-electron chi connectivity index (χ4n) is 3.72. The molecule has 32 heavy (non-hydrogen) atoms. The van der Waals surface area contributed by atoms with Crippen molar-refractivity contribution in [2.24, 2.45) is 5.92 Å². The number of rotatable bonds is 6. The van der Waals surface area contributed by atoms with Crippen LogP contribution in [0.15, 0.2) is 24.3 Å². The number of alkyl halides is 3. The number of likely N-dealkylation sites (N-methyl/N-ethyl adjacent to an activating group) is 1. The number of carbonyl (C=O) groups is 2. The van der Waals surface area contributed by atoms with Gasteiger partial charge in [-0.2, -0.15) is 13.2 Å². The fourth-order valence-corrected chi connectivity index (χ4v) is 3.72. The van der Waals surface area contributed by atoms with Gasteiger partial charge < -0.3 is 19.5 Å². The highest BCUT2D eigenvalue weighted by atomic mass is 19.4. The van der Waals surface area contributed by atoms with Gasteiger partial charge in [0.25, 0.3) is 0 Å². The Morgan fingerprint density at radius 1 is 1.22 bits per heavy atom. The fraction of sp³-hybridized carbons (Fsp3) is 0.619. The van der Waals surface area contributed by atoms with Crippen LogP contribution < -0.4 is 0 Å². The van der Waals surface area contributed by atoms with Crippen molar-refractivity contribution in [3.63, 3.8) is 0 Å². The lowest BCUT2D eigenvalue weighted by Gasteiger charge is -2.37. The summed E-state index contributed by atoms with van der Waals surface area (Å²) in [5.41, 5.74) is 1.12. The molecule has 1 aliphatic carbocycles. The quantitative estimate of drug-likeness (QED) is 0.652. The van der Waals surface area contributed by atoms with Crippen molar-refractivity contribution in [3.05, 3.63) is 35.6 Å². The first-order valence-corrected chi connectivity index (χ1v) is 10.2. The second-order valence-electron chi connectivity index (χ2n) is 8.02. The number of fused-ring (bicyclic) bond motifs is 1. The van der Waals surface area contributed by atoms with Crippen molar-refractivity contribution in [1.29, 1.82) is 0 Å². The first kappa shape index (κ1) is 26.0. The molecule has 2 aliphatic rings. The molecule has 1 aliphatic heterocycles. The van der Waals surface area contributed by atoms with Gasteiger partial charge in [0.05, 0.1) is 19.3 Å². The molecule has 0 spiro atoms. The van der Waals surface area contributed by atoms with E-state index in [-0.39, 0.29) is 24.4 Å². The highest BCUT2D eigenvalue weighted by Gasteiger charge is 2.41. The van der Waals surface area contributed by atoms with Gasteiger partial charge in [-0.25, -0.2) is 9.18 Å². The van der Waals surface area contributed by atoms with Crippen LogP contribution in [0.2, 0.25) is 0 Å². The summed E-state index contributed by atoms with van der Waals surface area (Å²) < 4.78 is 56.4. The molecule has 3 unspecified atom stereocenters. The van der Waals surface area contributed by atoms with E-state index in [4.69, 9.17) is 19.4 Å². The second-order valence-corrected chi connectivity index (χ2v) is 8.02. The number of carbonyl (C=O) groups excluding carboxylic acids is 1. The Balaban J connectivity index is 0.000000451. The summed E-state index contributed by atoms with van der Waals surface area (Å²) in [7, 11) is 3.47. The van der Waals surface area contributed by atoms with E-state index in [0.29, 0.717) is 18.6 Å². The number of carboxylic acid groups (broad SMARTS) is 1. The average Bonchev–Trinajstić information content (AvgIpc) is 3.13. The van der Waals surface area contributed by atoms with Gasteiger partial charge in [0.1, 0.15) is 12.4 Å². The monoisotopic (exact) mass is 464 g/mol. The predicted molar refractivity (Wildman–Crippen MR) is 106 cm³/mol. The molecule has 1 aromatic carbocycles. The number of ether oxygens (including phenoxy) is 2. The molecule has 180 valence electrons. The van der Waals surface area contributed by atoms with Crippen molar-refractivity contribution in [2.75, 3.05) is 40.5 Å². The van der Waals surface area contributed by atoms with Gasteiger partial charge in [0.2, 0.25) is 5.91 Å². The number of morpholine rings is 1. The molecule has 1 N–H and O–H groups in total. The molecule has 0 aromatic heterocycles. The minimum Gasteiger partial charge on any atom is -0.475 e. The molecular weight excluding hydrogens is 436 g/mol. The van der Waals surface area contributed by atoms with E-state index < -0.39 is 12.1 Å². The van der Waals surface area contributed by atoms with Gasteiger partial charge in [-0.3, -0.25) is 9.69 Å². The minimum absolute atomic E-state index is 0.00963. The van der Waals surface area contributed by atoms with E-state index in [1.165, 1.54) is 12.1 Å². The summed E-state index contributed by atoms with van der Waals surface area (Å²) in [5, 5.41) is 7.12. The van der Waals surface area contributed by atoms with Crippen LogP contribution in [0.25, 0.3) is 0 Å². The molecule has 0 bridgehead atoms. The van der Waals surface area contributed by atoms with Crippen LogP contribution in [0.4, 0.5) is 17.6 Å². The number of halogens is 4. The third-order valence-corrected chi connectivity index (χ3v) is 5.37. The van der Waals surface area contributed by atoms with Crippen molar-refractivity contribution < 1.29 is 41.7 Å². The smallest absolute Gasteiger partial charge is 0.475 e. The lowest BCUT2D eigenvalue weighted by Crippen LogP contribution is -2.47. The number of aliphatic carboxylic acids is 1. The number of hydrogen-bond donors (Lipinski definition) is 1. The first-order valence-electron chi connectivity index (χ1n) is 10.2. The number of benzene rings is 1. The van der Waals surface area contributed by atoms with E-state index in [2.05, 4.69) is 4.90 Å². The Morgan fingerprint density at radius 2 is 1.84 bits per heavy atom. The standard InChI is InChI=1S/C19H27FN2O3.C2HF3O2/c1-21(2)19(23)13-24-12-15-9-17-18(10-15)25-8-7-22(17)11-14-3-5-16(20)6-4-14;3-2(4,5)1(6)7/h3-6,15,17-18H,7-13H2,1-2H3;(H,6,7). The Kier molecular flexibility index (Phi) is 9.41. The maximum absolute atomic E-state index is 13.1. The highest BCUT2D eigenvalue weighted by Crippen LogP contribution is 2.35. The number of carboxylic acids is 1. The number of hydrogen-bond acceptors (Lipinski definition) is 5. The molecule has 3 rings (SSSR count). The highest BCUT2D eigenvalue weighted by molar-refractivity contribution is 5.76. The Labute approximate surface area is 183 Å². The maximum Gasteiger partial charge on any atom is 0.490 e. The third-order valence-electron chi connectivity index (χ3n) is 5.37. The summed E-state index contributed by atoms with van der Waals surface area (Å²) in [4.78, 5) is 24.5. The van der Waals surface area contributed by atoms with E-state index in [1.54, 1.807) is 19.0 Å². The average molecular weight is 464 g/mol. The molecule has 1 heterocycles. The topological polar surface area (TPSA) is 79.3 Å². The van der Waals surface area contributed by atoms with Crippen LogP contribution in [0.5, 0.6) is 0 Å². The van der Waals surface area contributed by atoms with Crippen LogP contribution in [0, 0.1) is 11.7 Å². The van der Waals surface area contributed by atoms with Gasteiger partial charge in [-0.05, 0) is 36.5 Å². The Bertz CT molecular complexity index is 758. The molecule has 1 aromatic rings. The molecule has 7 nitrogen and oxygen atoms in total. The zero-order chi connectivity index (χ0) is 23.9. The normalized spacial score (nSPS) is 23.1.